The maximum atomic E-state index is 14.9. The lowest BCUT2D eigenvalue weighted by atomic mass is 9.96. The number of amides is 2. The first kappa shape index (κ1) is 23.0. The van der Waals surface area contributed by atoms with Crippen LogP contribution in [-0.4, -0.2) is 49.3 Å². The molecule has 4 atom stereocenters. The number of halogens is 2. The molecule has 2 saturated heterocycles. The van der Waals surface area contributed by atoms with Crippen molar-refractivity contribution in [3.05, 3.63) is 48.0 Å². The lowest BCUT2D eigenvalue weighted by Crippen LogP contribution is -2.33. The van der Waals surface area contributed by atoms with Gasteiger partial charge in [-0.2, -0.15) is 5.26 Å². The first-order chi connectivity index (χ1) is 15.4. The zero-order valence-corrected chi connectivity index (χ0v) is 18.7. The van der Waals surface area contributed by atoms with E-state index < -0.39 is 23.4 Å². The fraction of sp³-hybridized carbons (Fsp3) is 0.391. The Morgan fingerprint density at radius 2 is 2.12 bits per heavy atom. The Morgan fingerprint density at radius 3 is 2.73 bits per heavy atom. The van der Waals surface area contributed by atoms with Crippen LogP contribution in [0.25, 0.3) is 11.1 Å². The molecule has 172 valence electrons. The van der Waals surface area contributed by atoms with Crippen LogP contribution in [0.2, 0.25) is 0 Å². The van der Waals surface area contributed by atoms with Crippen LogP contribution in [0.5, 0.6) is 0 Å². The maximum Gasteiger partial charge on any atom is 0.414 e. The molecule has 1 aliphatic carbocycles. The third-order valence-corrected chi connectivity index (χ3v) is 6.68. The Labute approximate surface area is 196 Å². The molecule has 2 aliphatic heterocycles. The van der Waals surface area contributed by atoms with Crippen LogP contribution in [0.15, 0.2) is 36.5 Å². The number of hydrogen-bond donors (Lipinski definition) is 2. The van der Waals surface area contributed by atoms with Crippen molar-refractivity contribution in [3.8, 4) is 17.2 Å². The molecular formula is C23H23ClFN5O3. The van der Waals surface area contributed by atoms with E-state index in [9.17, 15) is 19.2 Å². The van der Waals surface area contributed by atoms with Crippen LogP contribution in [-0.2, 0) is 14.9 Å². The predicted molar refractivity (Wildman–Crippen MR) is 120 cm³/mol. The fourth-order valence-electron chi connectivity index (χ4n) is 4.94. The van der Waals surface area contributed by atoms with Crippen molar-refractivity contribution in [2.75, 3.05) is 31.1 Å². The zero-order valence-electron chi connectivity index (χ0n) is 17.9. The highest BCUT2D eigenvalue weighted by Crippen LogP contribution is 2.60. The highest BCUT2D eigenvalue weighted by atomic mass is 35.5. The van der Waals surface area contributed by atoms with Crippen molar-refractivity contribution >= 4 is 30.1 Å². The van der Waals surface area contributed by atoms with Gasteiger partial charge in [0.25, 0.3) is 0 Å². The number of carbonyl (C=O) groups is 2. The minimum absolute atomic E-state index is 0. The second-order valence-electron chi connectivity index (χ2n) is 8.50. The minimum atomic E-state index is -0.579. The van der Waals surface area contributed by atoms with Crippen LogP contribution in [0.4, 0.5) is 14.9 Å². The van der Waals surface area contributed by atoms with Crippen molar-refractivity contribution in [2.45, 2.75) is 18.4 Å². The highest BCUT2D eigenvalue weighted by Gasteiger charge is 2.69. The number of fused-ring (bicyclic) bond motifs is 1. The summed E-state index contributed by atoms with van der Waals surface area (Å²) in [5.41, 5.74) is 1.55. The van der Waals surface area contributed by atoms with Gasteiger partial charge in [-0.15, -0.1) is 12.4 Å². The van der Waals surface area contributed by atoms with E-state index in [1.165, 1.54) is 17.9 Å². The van der Waals surface area contributed by atoms with Crippen LogP contribution < -0.4 is 15.5 Å². The Hall–Kier alpha value is -3.22. The number of benzene rings is 1. The van der Waals surface area contributed by atoms with Crippen molar-refractivity contribution in [1.29, 1.82) is 5.26 Å². The number of nitrogens with one attached hydrogen (secondary N) is 2. The van der Waals surface area contributed by atoms with Gasteiger partial charge in [-0.1, -0.05) is 6.07 Å². The van der Waals surface area contributed by atoms with Gasteiger partial charge in [0.15, 0.2) is 0 Å². The van der Waals surface area contributed by atoms with E-state index in [2.05, 4.69) is 21.7 Å². The van der Waals surface area contributed by atoms with Crippen molar-refractivity contribution in [2.24, 2.45) is 11.8 Å². The first-order valence-corrected chi connectivity index (χ1v) is 10.5. The van der Waals surface area contributed by atoms with E-state index in [4.69, 9.17) is 4.74 Å². The molecule has 10 heteroatoms. The first-order valence-electron chi connectivity index (χ1n) is 10.5. The number of nitriles is 1. The molecule has 1 unspecified atom stereocenters. The number of hydrogen-bond acceptors (Lipinski definition) is 6. The Balaban J connectivity index is 0.00000259. The van der Waals surface area contributed by atoms with E-state index in [1.54, 1.807) is 24.4 Å². The molecule has 8 nitrogen and oxygen atoms in total. The van der Waals surface area contributed by atoms with Crippen molar-refractivity contribution in [1.82, 2.24) is 15.6 Å². The van der Waals surface area contributed by atoms with Gasteiger partial charge in [0, 0.05) is 49.2 Å². The summed E-state index contributed by atoms with van der Waals surface area (Å²) in [5, 5.41) is 15.6. The lowest BCUT2D eigenvalue weighted by Gasteiger charge is -2.15. The summed E-state index contributed by atoms with van der Waals surface area (Å²) in [6.07, 6.45) is 0.530. The smallest absolute Gasteiger partial charge is 0.414 e. The van der Waals surface area contributed by atoms with E-state index in [-0.39, 0.29) is 43.2 Å². The third-order valence-electron chi connectivity index (χ3n) is 6.68. The molecule has 0 spiro atoms. The molecule has 0 bridgehead atoms. The number of nitrogens with zero attached hydrogens (tertiary/aromatic N) is 3. The number of aromatic nitrogens is 1. The molecule has 3 aliphatic rings. The second-order valence-corrected chi connectivity index (χ2v) is 8.50. The van der Waals surface area contributed by atoms with Gasteiger partial charge in [0.05, 0.1) is 30.5 Å². The molecule has 0 radical (unpaired) electrons. The predicted octanol–water partition coefficient (Wildman–Crippen LogP) is 2.38. The Kier molecular flexibility index (Phi) is 5.99. The van der Waals surface area contributed by atoms with Crippen molar-refractivity contribution in [3.63, 3.8) is 0 Å². The lowest BCUT2D eigenvalue weighted by molar-refractivity contribution is -0.119. The van der Waals surface area contributed by atoms with E-state index in [0.717, 1.165) is 18.8 Å². The highest BCUT2D eigenvalue weighted by molar-refractivity contribution is 5.90. The molecule has 2 amide bonds. The van der Waals surface area contributed by atoms with Gasteiger partial charge < -0.3 is 15.4 Å². The van der Waals surface area contributed by atoms with E-state index in [1.807, 2.05) is 6.07 Å². The standard InChI is InChI=1S/C23H22FN5O3.ClH/c1-13(30)27-8-16-11-29(22(31)32-16)15-3-4-17(20(24)6-15)14-2-5-21(28-7-14)23(12-25)18-9-26-10-19(18)23;/h2-7,16,18-19,26H,8-11H2,1H3,(H,27,30);1H/t16-,18-,19+,23?;/m0./s1. The molecular weight excluding hydrogens is 449 g/mol. The molecule has 3 fully saturated rings. The van der Waals surface area contributed by atoms with E-state index >= 15 is 0 Å². The minimum Gasteiger partial charge on any atom is -0.442 e. The quantitative estimate of drug-likeness (QED) is 0.693. The average Bonchev–Trinajstić information content (AvgIpc) is 3.09. The van der Waals surface area contributed by atoms with Crippen LogP contribution in [0.3, 0.4) is 0 Å². The fourth-order valence-corrected chi connectivity index (χ4v) is 4.94. The monoisotopic (exact) mass is 471 g/mol. The normalized spacial score (nSPS) is 27.2. The molecule has 2 aromatic rings. The summed E-state index contributed by atoms with van der Waals surface area (Å²) < 4.78 is 20.2. The molecule has 5 rings (SSSR count). The van der Waals surface area contributed by atoms with Gasteiger partial charge in [-0.25, -0.2) is 9.18 Å². The topological polar surface area (TPSA) is 107 Å². The van der Waals surface area contributed by atoms with Crippen molar-refractivity contribution < 1.29 is 18.7 Å². The summed E-state index contributed by atoms with van der Waals surface area (Å²) in [6.45, 7) is 3.46. The second kappa shape index (κ2) is 8.61. The molecule has 33 heavy (non-hydrogen) atoms. The van der Waals surface area contributed by atoms with Gasteiger partial charge >= 0.3 is 6.09 Å². The van der Waals surface area contributed by atoms with Gasteiger partial charge in [-0.05, 0) is 24.3 Å². The Bertz CT molecular complexity index is 1130. The largest absolute Gasteiger partial charge is 0.442 e. The number of anilines is 1. The van der Waals surface area contributed by atoms with Gasteiger partial charge in [-0.3, -0.25) is 14.7 Å². The summed E-state index contributed by atoms with van der Waals surface area (Å²) in [4.78, 5) is 29.1. The van der Waals surface area contributed by atoms with Crippen LogP contribution >= 0.6 is 12.4 Å². The summed E-state index contributed by atoms with van der Waals surface area (Å²) in [6, 6.07) is 10.6. The number of piperidine rings is 1. The summed E-state index contributed by atoms with van der Waals surface area (Å²) in [5.74, 6) is -0.123. The zero-order chi connectivity index (χ0) is 22.5. The molecule has 1 aromatic heterocycles. The maximum absolute atomic E-state index is 14.9. The Morgan fingerprint density at radius 1 is 1.36 bits per heavy atom. The SMILES string of the molecule is CC(=O)NC[C@H]1CN(c2ccc(-c3ccc(C4(C#N)[C@@H]5CNC[C@@H]54)nc3)c(F)c2)C(=O)O1.Cl. The molecule has 1 saturated carbocycles. The van der Waals surface area contributed by atoms with E-state index in [0.29, 0.717) is 16.8 Å². The van der Waals surface area contributed by atoms with Gasteiger partial charge in [0.1, 0.15) is 17.3 Å². The number of cyclic esters (lactones) is 1. The van der Waals surface area contributed by atoms with Crippen LogP contribution in [0, 0.1) is 29.0 Å². The summed E-state index contributed by atoms with van der Waals surface area (Å²) in [7, 11) is 0. The number of carbonyl (C=O) groups excluding carboxylic acids is 2. The van der Waals surface area contributed by atoms with Crippen LogP contribution in [0.1, 0.15) is 12.6 Å². The van der Waals surface area contributed by atoms with Gasteiger partial charge in [0.2, 0.25) is 5.91 Å². The number of rotatable bonds is 5. The number of ether oxygens (including phenoxy) is 1. The summed E-state index contributed by atoms with van der Waals surface area (Å²) >= 11 is 0. The average molecular weight is 472 g/mol. The number of pyridine rings is 1. The third kappa shape index (κ3) is 3.79. The molecule has 2 N–H and O–H groups in total. The molecule has 1 aromatic carbocycles. The molecule has 3 heterocycles.